The van der Waals surface area contributed by atoms with Gasteiger partial charge in [0, 0.05) is 11.5 Å². The third kappa shape index (κ3) is 3.21. The number of aromatic nitrogens is 2. The molecule has 1 heterocycles. The number of hydrogen-bond donors (Lipinski definition) is 2. The van der Waals surface area contributed by atoms with Crippen LogP contribution < -0.4 is 16.0 Å². The Morgan fingerprint density at radius 1 is 1.42 bits per heavy atom. The fourth-order valence-electron chi connectivity index (χ4n) is 1.69. The molecular formula is C13H18N4OS. The maximum absolute atomic E-state index is 5.82. The number of nitrogens with two attached hydrogens (primary N) is 1. The number of nitrogens with zero attached hydrogens (tertiary/aromatic N) is 2. The molecule has 0 amide bonds. The second-order valence-electron chi connectivity index (χ2n) is 4.66. The van der Waals surface area contributed by atoms with Crippen LogP contribution in [0.2, 0.25) is 0 Å². The molecule has 0 aliphatic carbocycles. The molecule has 0 radical (unpaired) electrons. The Morgan fingerprint density at radius 3 is 2.89 bits per heavy atom. The van der Waals surface area contributed by atoms with Gasteiger partial charge in [0.15, 0.2) is 5.00 Å². The van der Waals surface area contributed by atoms with E-state index >= 15 is 0 Å². The minimum absolute atomic E-state index is 0.360. The number of nitrogens with one attached hydrogen (secondary N) is 1. The van der Waals surface area contributed by atoms with E-state index in [-0.39, 0.29) is 0 Å². The van der Waals surface area contributed by atoms with E-state index < -0.39 is 0 Å². The van der Waals surface area contributed by atoms with Gasteiger partial charge in [0.1, 0.15) is 18.1 Å². The molecule has 0 spiro atoms. The largest absolute Gasteiger partial charge is 0.487 e. The maximum atomic E-state index is 5.82. The maximum Gasteiger partial charge on any atom is 0.150 e. The molecule has 0 aliphatic heterocycles. The van der Waals surface area contributed by atoms with Gasteiger partial charge in [-0.05, 0) is 30.0 Å². The topological polar surface area (TPSA) is 73.1 Å². The highest BCUT2D eigenvalue weighted by Crippen LogP contribution is 2.26. The van der Waals surface area contributed by atoms with E-state index in [1.165, 1.54) is 17.1 Å². The van der Waals surface area contributed by atoms with Gasteiger partial charge in [-0.25, -0.2) is 5.84 Å². The Hall–Kier alpha value is -1.66. The molecule has 0 saturated carbocycles. The van der Waals surface area contributed by atoms with Gasteiger partial charge in [0.2, 0.25) is 0 Å². The first-order valence-corrected chi connectivity index (χ1v) is 6.90. The van der Waals surface area contributed by atoms with Gasteiger partial charge in [-0.15, -0.1) is 5.10 Å². The molecule has 2 aromatic rings. The minimum Gasteiger partial charge on any atom is -0.487 e. The van der Waals surface area contributed by atoms with Crippen molar-refractivity contribution in [3.63, 3.8) is 0 Å². The van der Waals surface area contributed by atoms with Crippen LogP contribution >= 0.6 is 11.5 Å². The van der Waals surface area contributed by atoms with Crippen LogP contribution in [0.1, 0.15) is 36.6 Å². The van der Waals surface area contributed by atoms with Crippen molar-refractivity contribution in [1.82, 2.24) is 9.59 Å². The highest BCUT2D eigenvalue weighted by molar-refractivity contribution is 7.10. The Morgan fingerprint density at radius 2 is 2.21 bits per heavy atom. The van der Waals surface area contributed by atoms with Gasteiger partial charge in [-0.2, -0.15) is 0 Å². The molecule has 5 nitrogen and oxygen atoms in total. The van der Waals surface area contributed by atoms with Crippen LogP contribution in [0, 0.1) is 6.92 Å². The molecule has 3 N–H and O–H groups in total. The first-order chi connectivity index (χ1) is 9.11. The lowest BCUT2D eigenvalue weighted by Crippen LogP contribution is -2.09. The molecule has 0 bridgehead atoms. The lowest BCUT2D eigenvalue weighted by Gasteiger charge is -2.12. The highest BCUT2D eigenvalue weighted by Gasteiger charge is 2.09. The van der Waals surface area contributed by atoms with Crippen LogP contribution in [0.5, 0.6) is 5.75 Å². The molecule has 0 aliphatic rings. The summed E-state index contributed by atoms with van der Waals surface area (Å²) in [6.07, 6.45) is 0. The Kier molecular flexibility index (Phi) is 4.34. The normalized spacial score (nSPS) is 10.8. The molecule has 2 rings (SSSR count). The van der Waals surface area contributed by atoms with E-state index in [1.54, 1.807) is 0 Å². The quantitative estimate of drug-likeness (QED) is 0.650. The zero-order chi connectivity index (χ0) is 13.8. The van der Waals surface area contributed by atoms with Crippen molar-refractivity contribution in [3.05, 3.63) is 35.0 Å². The van der Waals surface area contributed by atoms with Crippen LogP contribution in [0.3, 0.4) is 0 Å². The van der Waals surface area contributed by atoms with E-state index in [0.29, 0.717) is 12.5 Å². The number of benzene rings is 1. The molecule has 0 saturated heterocycles. The number of hydrogen-bond acceptors (Lipinski definition) is 6. The van der Waals surface area contributed by atoms with Crippen molar-refractivity contribution < 1.29 is 4.74 Å². The second kappa shape index (κ2) is 5.99. The molecule has 1 aromatic carbocycles. The van der Waals surface area contributed by atoms with E-state index in [2.05, 4.69) is 47.1 Å². The van der Waals surface area contributed by atoms with E-state index in [4.69, 9.17) is 10.6 Å². The third-order valence-electron chi connectivity index (χ3n) is 2.93. The molecule has 0 unspecified atom stereocenters. The lowest BCUT2D eigenvalue weighted by atomic mass is 10.0. The summed E-state index contributed by atoms with van der Waals surface area (Å²) in [5.41, 5.74) is 5.66. The molecule has 6 heteroatoms. The first kappa shape index (κ1) is 13.8. The number of anilines is 1. The number of ether oxygens (including phenoxy) is 1. The van der Waals surface area contributed by atoms with Crippen LogP contribution in [0.4, 0.5) is 5.00 Å². The van der Waals surface area contributed by atoms with E-state index in [9.17, 15) is 0 Å². The smallest absolute Gasteiger partial charge is 0.150 e. The Labute approximate surface area is 116 Å². The van der Waals surface area contributed by atoms with Gasteiger partial charge >= 0.3 is 0 Å². The second-order valence-corrected chi connectivity index (χ2v) is 5.42. The third-order valence-corrected chi connectivity index (χ3v) is 3.63. The summed E-state index contributed by atoms with van der Waals surface area (Å²) in [6, 6.07) is 6.28. The summed E-state index contributed by atoms with van der Waals surface area (Å²) < 4.78 is 9.67. The molecule has 0 fully saturated rings. The predicted octanol–water partition coefficient (Wildman–Crippen LogP) is 2.83. The van der Waals surface area contributed by atoms with Crippen molar-refractivity contribution in [3.8, 4) is 5.75 Å². The van der Waals surface area contributed by atoms with Crippen LogP contribution in [-0.4, -0.2) is 9.59 Å². The van der Waals surface area contributed by atoms with Crippen molar-refractivity contribution in [1.29, 1.82) is 0 Å². The Bertz CT molecular complexity index is 553. The van der Waals surface area contributed by atoms with Crippen LogP contribution in [-0.2, 0) is 6.61 Å². The zero-order valence-electron chi connectivity index (χ0n) is 11.3. The first-order valence-electron chi connectivity index (χ1n) is 6.13. The standard InChI is InChI=1S/C13H18N4OS/c1-8(2)10-5-4-9(3)12(6-10)18-7-11-13(15-14)19-17-16-11/h4-6,8,15H,7,14H2,1-3H3. The predicted molar refractivity (Wildman–Crippen MR) is 77.3 cm³/mol. The monoisotopic (exact) mass is 278 g/mol. The van der Waals surface area contributed by atoms with Crippen LogP contribution in [0.15, 0.2) is 18.2 Å². The van der Waals surface area contributed by atoms with E-state index in [0.717, 1.165) is 22.0 Å². The number of nitrogen functional groups attached to an aromatic ring is 1. The summed E-state index contributed by atoms with van der Waals surface area (Å²) in [7, 11) is 0. The van der Waals surface area contributed by atoms with Gasteiger partial charge in [-0.1, -0.05) is 30.5 Å². The summed E-state index contributed by atoms with van der Waals surface area (Å²) in [4.78, 5) is 0. The van der Waals surface area contributed by atoms with Gasteiger partial charge < -0.3 is 10.2 Å². The van der Waals surface area contributed by atoms with Gasteiger partial charge in [-0.3, -0.25) is 0 Å². The minimum atomic E-state index is 0.360. The average molecular weight is 278 g/mol. The van der Waals surface area contributed by atoms with Crippen molar-refractivity contribution >= 4 is 16.5 Å². The lowest BCUT2D eigenvalue weighted by molar-refractivity contribution is 0.299. The summed E-state index contributed by atoms with van der Waals surface area (Å²) in [6.45, 7) is 6.71. The molecule has 102 valence electrons. The van der Waals surface area contributed by atoms with Crippen molar-refractivity contribution in [2.24, 2.45) is 5.84 Å². The number of aryl methyl sites for hydroxylation is 1. The summed E-state index contributed by atoms with van der Waals surface area (Å²) in [5, 5.41) is 4.72. The molecule has 0 atom stereocenters. The number of rotatable bonds is 5. The average Bonchev–Trinajstić information content (AvgIpc) is 2.85. The molecule has 1 aromatic heterocycles. The number of hydrazine groups is 1. The van der Waals surface area contributed by atoms with Crippen molar-refractivity contribution in [2.45, 2.75) is 33.3 Å². The Balaban J connectivity index is 2.13. The molecular weight excluding hydrogens is 260 g/mol. The van der Waals surface area contributed by atoms with Gasteiger partial charge in [0.05, 0.1) is 0 Å². The van der Waals surface area contributed by atoms with Gasteiger partial charge in [0.25, 0.3) is 0 Å². The SMILES string of the molecule is Cc1ccc(C(C)C)cc1OCc1nnsc1NN. The fourth-order valence-corrected chi connectivity index (χ4v) is 2.17. The summed E-state index contributed by atoms with van der Waals surface area (Å²) in [5.74, 6) is 6.74. The summed E-state index contributed by atoms with van der Waals surface area (Å²) >= 11 is 1.22. The van der Waals surface area contributed by atoms with E-state index in [1.807, 2.05) is 6.92 Å². The fraction of sp³-hybridized carbons (Fsp3) is 0.385. The van der Waals surface area contributed by atoms with Crippen molar-refractivity contribution in [2.75, 3.05) is 5.43 Å². The molecule has 19 heavy (non-hydrogen) atoms. The highest BCUT2D eigenvalue weighted by atomic mass is 32.1. The van der Waals surface area contributed by atoms with Crippen LogP contribution in [0.25, 0.3) is 0 Å². The zero-order valence-corrected chi connectivity index (χ0v) is 12.1.